The number of nitrogens with two attached hydrogens (primary N) is 1. The van der Waals surface area contributed by atoms with Gasteiger partial charge in [-0.2, -0.15) is 0 Å². The molecule has 1 atom stereocenters. The lowest BCUT2D eigenvalue weighted by Gasteiger charge is -2.12. The van der Waals surface area contributed by atoms with Gasteiger partial charge in [-0.05, 0) is 24.6 Å². The number of ether oxygens (including phenoxy) is 2. The second-order valence-corrected chi connectivity index (χ2v) is 4.68. The molecule has 2 rings (SSSR count). The second kappa shape index (κ2) is 6.17. The molecular formula is C16H17NO4. The zero-order valence-corrected chi connectivity index (χ0v) is 11.9. The number of nitrogen functional groups attached to an aromatic ring is 1. The van der Waals surface area contributed by atoms with Crippen molar-refractivity contribution in [2.75, 3.05) is 12.8 Å². The maximum absolute atomic E-state index is 12.1. The van der Waals surface area contributed by atoms with Crippen molar-refractivity contribution in [1.29, 1.82) is 0 Å². The van der Waals surface area contributed by atoms with Crippen LogP contribution in [-0.2, 0) is 4.79 Å². The monoisotopic (exact) mass is 287 g/mol. The highest BCUT2D eigenvalue weighted by Gasteiger charge is 2.18. The summed E-state index contributed by atoms with van der Waals surface area (Å²) in [6.45, 7) is 1.75. The number of benzene rings is 2. The number of phenols is 1. The highest BCUT2D eigenvalue weighted by atomic mass is 16.5. The number of hydrogen-bond acceptors (Lipinski definition) is 5. The Morgan fingerprint density at radius 1 is 1.14 bits per heavy atom. The van der Waals surface area contributed by atoms with Gasteiger partial charge in [0.25, 0.3) is 0 Å². The summed E-state index contributed by atoms with van der Waals surface area (Å²) in [4.78, 5) is 12.1. The van der Waals surface area contributed by atoms with Crippen LogP contribution in [0.1, 0.15) is 18.4 Å². The molecule has 3 N–H and O–H groups in total. The third-order valence-corrected chi connectivity index (χ3v) is 3.10. The van der Waals surface area contributed by atoms with Crippen molar-refractivity contribution in [2.45, 2.75) is 12.8 Å². The van der Waals surface area contributed by atoms with Gasteiger partial charge >= 0.3 is 5.97 Å². The summed E-state index contributed by atoms with van der Waals surface area (Å²) in [7, 11) is 1.58. The van der Waals surface area contributed by atoms with Gasteiger partial charge in [-0.25, -0.2) is 0 Å². The molecule has 0 aromatic heterocycles. The number of carbonyl (C=O) groups is 1. The molecule has 0 saturated carbocycles. The van der Waals surface area contributed by atoms with Gasteiger partial charge in [0, 0.05) is 23.9 Å². The predicted octanol–water partition coefficient (Wildman–Crippen LogP) is 2.69. The van der Waals surface area contributed by atoms with Gasteiger partial charge in [-0.3, -0.25) is 4.79 Å². The number of anilines is 1. The van der Waals surface area contributed by atoms with E-state index in [9.17, 15) is 9.90 Å². The summed E-state index contributed by atoms with van der Waals surface area (Å²) in [6, 6.07) is 11.4. The van der Waals surface area contributed by atoms with Gasteiger partial charge in [0.1, 0.15) is 17.2 Å². The zero-order chi connectivity index (χ0) is 15.4. The van der Waals surface area contributed by atoms with E-state index in [2.05, 4.69) is 0 Å². The Balaban J connectivity index is 2.11. The Bertz CT molecular complexity index is 617. The van der Waals surface area contributed by atoms with Crippen molar-refractivity contribution < 1.29 is 19.4 Å². The fourth-order valence-electron chi connectivity index (χ4n) is 1.90. The van der Waals surface area contributed by atoms with Gasteiger partial charge in [-0.1, -0.05) is 12.1 Å². The minimum Gasteiger partial charge on any atom is -0.508 e. The van der Waals surface area contributed by atoms with E-state index in [1.807, 2.05) is 12.1 Å². The van der Waals surface area contributed by atoms with Crippen LogP contribution in [0.3, 0.4) is 0 Å². The highest BCUT2D eigenvalue weighted by molar-refractivity contribution is 5.80. The molecule has 21 heavy (non-hydrogen) atoms. The molecule has 0 saturated heterocycles. The lowest BCUT2D eigenvalue weighted by Crippen LogP contribution is -2.16. The molecule has 0 radical (unpaired) electrons. The van der Waals surface area contributed by atoms with Crippen LogP contribution in [0.4, 0.5) is 5.69 Å². The fraction of sp³-hybridized carbons (Fsp3) is 0.188. The standard InChI is InChI=1S/C16H17NO4/c1-10(11-3-5-14(20-2)6-4-11)16(19)21-15-8-12(17)7-13(18)9-15/h3-10,18H,17H2,1-2H3. The Morgan fingerprint density at radius 2 is 1.81 bits per heavy atom. The van der Waals surface area contributed by atoms with E-state index in [1.165, 1.54) is 18.2 Å². The molecule has 0 spiro atoms. The number of esters is 1. The Hall–Kier alpha value is -2.69. The minimum atomic E-state index is -0.445. The number of phenolic OH excluding ortho intramolecular Hbond substituents is 1. The molecule has 0 amide bonds. The first-order valence-electron chi connectivity index (χ1n) is 6.45. The van der Waals surface area contributed by atoms with E-state index in [0.29, 0.717) is 5.69 Å². The quantitative estimate of drug-likeness (QED) is 0.513. The number of hydrogen-bond donors (Lipinski definition) is 2. The van der Waals surface area contributed by atoms with Crippen LogP contribution in [0.5, 0.6) is 17.2 Å². The summed E-state index contributed by atoms with van der Waals surface area (Å²) < 4.78 is 10.3. The lowest BCUT2D eigenvalue weighted by atomic mass is 10.0. The molecule has 0 aliphatic heterocycles. The Labute approximate surface area is 122 Å². The van der Waals surface area contributed by atoms with Gasteiger partial charge in [-0.15, -0.1) is 0 Å². The van der Waals surface area contributed by atoms with Crippen LogP contribution in [-0.4, -0.2) is 18.2 Å². The molecule has 0 heterocycles. The first kappa shape index (κ1) is 14.7. The van der Waals surface area contributed by atoms with Crippen molar-refractivity contribution in [3.8, 4) is 17.2 Å². The van der Waals surface area contributed by atoms with Gasteiger partial charge in [0.2, 0.25) is 0 Å². The Morgan fingerprint density at radius 3 is 2.38 bits per heavy atom. The summed E-state index contributed by atoms with van der Waals surface area (Å²) in [5.74, 6) is 0.0254. The van der Waals surface area contributed by atoms with E-state index < -0.39 is 11.9 Å². The molecule has 0 aliphatic rings. The fourth-order valence-corrected chi connectivity index (χ4v) is 1.90. The van der Waals surface area contributed by atoms with E-state index in [1.54, 1.807) is 26.2 Å². The van der Waals surface area contributed by atoms with Gasteiger partial charge in [0.15, 0.2) is 0 Å². The molecule has 1 unspecified atom stereocenters. The average molecular weight is 287 g/mol. The van der Waals surface area contributed by atoms with Crippen molar-refractivity contribution >= 4 is 11.7 Å². The van der Waals surface area contributed by atoms with E-state index in [0.717, 1.165) is 11.3 Å². The third-order valence-electron chi connectivity index (χ3n) is 3.10. The number of carbonyl (C=O) groups excluding carboxylic acids is 1. The molecule has 0 fully saturated rings. The molecule has 0 bridgehead atoms. The second-order valence-electron chi connectivity index (χ2n) is 4.68. The van der Waals surface area contributed by atoms with E-state index in [-0.39, 0.29) is 11.5 Å². The molecule has 0 aliphatic carbocycles. The zero-order valence-electron chi connectivity index (χ0n) is 11.9. The number of rotatable bonds is 4. The summed E-state index contributed by atoms with van der Waals surface area (Å²) in [5, 5.41) is 9.43. The molecule has 2 aromatic carbocycles. The maximum Gasteiger partial charge on any atom is 0.318 e. The Kier molecular flexibility index (Phi) is 4.33. The average Bonchev–Trinajstić information content (AvgIpc) is 2.45. The number of methoxy groups -OCH3 is 1. The maximum atomic E-state index is 12.1. The normalized spacial score (nSPS) is 11.7. The van der Waals surface area contributed by atoms with Crippen molar-refractivity contribution in [1.82, 2.24) is 0 Å². The predicted molar refractivity (Wildman–Crippen MR) is 79.6 cm³/mol. The summed E-state index contributed by atoms with van der Waals surface area (Å²) >= 11 is 0. The largest absolute Gasteiger partial charge is 0.508 e. The molecule has 2 aromatic rings. The van der Waals surface area contributed by atoms with Gasteiger partial charge < -0.3 is 20.3 Å². The minimum absolute atomic E-state index is 0.0464. The van der Waals surface area contributed by atoms with Crippen LogP contribution in [0.25, 0.3) is 0 Å². The van der Waals surface area contributed by atoms with Crippen LogP contribution in [0.15, 0.2) is 42.5 Å². The first-order chi connectivity index (χ1) is 9.99. The number of aromatic hydroxyl groups is 1. The third kappa shape index (κ3) is 3.66. The molecule has 5 heteroatoms. The van der Waals surface area contributed by atoms with Crippen LogP contribution in [0, 0.1) is 0 Å². The van der Waals surface area contributed by atoms with Crippen molar-refractivity contribution in [2.24, 2.45) is 0 Å². The van der Waals surface area contributed by atoms with Gasteiger partial charge in [0.05, 0.1) is 13.0 Å². The van der Waals surface area contributed by atoms with E-state index >= 15 is 0 Å². The summed E-state index contributed by atoms with van der Waals surface area (Å²) in [5.41, 5.74) is 6.73. The van der Waals surface area contributed by atoms with Crippen molar-refractivity contribution in [3.63, 3.8) is 0 Å². The molecular weight excluding hydrogens is 270 g/mol. The lowest BCUT2D eigenvalue weighted by molar-refractivity contribution is -0.135. The van der Waals surface area contributed by atoms with Crippen LogP contribution < -0.4 is 15.2 Å². The summed E-state index contributed by atoms with van der Waals surface area (Å²) in [6.07, 6.45) is 0. The van der Waals surface area contributed by atoms with Crippen LogP contribution in [0.2, 0.25) is 0 Å². The highest BCUT2D eigenvalue weighted by Crippen LogP contribution is 2.26. The van der Waals surface area contributed by atoms with Crippen LogP contribution >= 0.6 is 0 Å². The van der Waals surface area contributed by atoms with Crippen molar-refractivity contribution in [3.05, 3.63) is 48.0 Å². The first-order valence-corrected chi connectivity index (χ1v) is 6.45. The van der Waals surface area contributed by atoms with E-state index in [4.69, 9.17) is 15.2 Å². The smallest absolute Gasteiger partial charge is 0.318 e. The molecule has 110 valence electrons. The topological polar surface area (TPSA) is 81.8 Å². The molecule has 5 nitrogen and oxygen atoms in total. The SMILES string of the molecule is COc1ccc(C(C)C(=O)Oc2cc(N)cc(O)c2)cc1.